The Bertz CT molecular complexity index is 577. The Hall–Kier alpha value is -1.76. The van der Waals surface area contributed by atoms with Crippen molar-refractivity contribution in [1.29, 1.82) is 0 Å². The molecule has 0 aliphatic rings. The third-order valence-corrected chi connectivity index (χ3v) is 4.56. The van der Waals surface area contributed by atoms with Gasteiger partial charge in [-0.2, -0.15) is 0 Å². The summed E-state index contributed by atoms with van der Waals surface area (Å²) in [7, 11) is 0. The third-order valence-electron chi connectivity index (χ3n) is 4.56. The fourth-order valence-electron chi connectivity index (χ4n) is 3.06. The smallest absolute Gasteiger partial charge is 0.118 e. The molecule has 2 aromatic carbocycles. The largest absolute Gasteiger partial charge is 0.508 e. The molecule has 0 saturated heterocycles. The number of hydrogen-bond acceptors (Lipinski definition) is 1. The Morgan fingerprint density at radius 2 is 1.40 bits per heavy atom. The first-order valence-corrected chi connectivity index (χ1v) is 7.40. The van der Waals surface area contributed by atoms with Crippen LogP contribution in [0.15, 0.2) is 42.5 Å². The van der Waals surface area contributed by atoms with E-state index in [9.17, 15) is 5.11 Å². The van der Waals surface area contributed by atoms with Gasteiger partial charge in [-0.25, -0.2) is 0 Å². The normalized spacial score (nSPS) is 11.6. The van der Waals surface area contributed by atoms with Gasteiger partial charge in [0.2, 0.25) is 0 Å². The van der Waals surface area contributed by atoms with E-state index in [4.69, 9.17) is 0 Å². The third kappa shape index (κ3) is 2.45. The molecule has 0 aromatic heterocycles. The first-order valence-electron chi connectivity index (χ1n) is 7.40. The number of aryl methyl sites for hydroxylation is 2. The molecule has 1 nitrogen and oxygen atoms in total. The molecular formula is C19H24O. The Morgan fingerprint density at radius 3 is 1.90 bits per heavy atom. The molecule has 0 radical (unpaired) electrons. The lowest BCUT2D eigenvalue weighted by molar-refractivity contribution is 0.462. The molecule has 0 unspecified atom stereocenters. The fraction of sp³-hybridized carbons (Fsp3) is 0.368. The highest BCUT2D eigenvalue weighted by Crippen LogP contribution is 2.40. The number of rotatable bonds is 4. The Labute approximate surface area is 122 Å². The highest BCUT2D eigenvalue weighted by Gasteiger charge is 2.30. The summed E-state index contributed by atoms with van der Waals surface area (Å²) in [4.78, 5) is 0. The van der Waals surface area contributed by atoms with Gasteiger partial charge in [-0.15, -0.1) is 0 Å². The molecule has 0 spiro atoms. The molecule has 20 heavy (non-hydrogen) atoms. The zero-order chi connectivity index (χ0) is 14.8. The summed E-state index contributed by atoms with van der Waals surface area (Å²) in [6.07, 6.45) is 2.10. The van der Waals surface area contributed by atoms with Crippen molar-refractivity contribution in [2.45, 2.75) is 46.0 Å². The molecule has 0 saturated carbocycles. The molecular weight excluding hydrogens is 244 g/mol. The van der Waals surface area contributed by atoms with E-state index in [0.29, 0.717) is 5.75 Å². The minimum absolute atomic E-state index is 0.0339. The van der Waals surface area contributed by atoms with Gasteiger partial charge in [0, 0.05) is 5.41 Å². The second-order valence-corrected chi connectivity index (χ2v) is 5.66. The Balaban J connectivity index is 2.58. The fourth-order valence-corrected chi connectivity index (χ4v) is 3.06. The van der Waals surface area contributed by atoms with Crippen LogP contribution in [0.25, 0.3) is 0 Å². The van der Waals surface area contributed by atoms with E-state index in [1.807, 2.05) is 13.0 Å². The van der Waals surface area contributed by atoms with E-state index in [-0.39, 0.29) is 5.41 Å². The van der Waals surface area contributed by atoms with E-state index in [1.54, 1.807) is 0 Å². The minimum Gasteiger partial charge on any atom is -0.508 e. The van der Waals surface area contributed by atoms with Crippen molar-refractivity contribution in [3.05, 3.63) is 64.7 Å². The Morgan fingerprint density at radius 1 is 0.850 bits per heavy atom. The van der Waals surface area contributed by atoms with E-state index in [2.05, 4.69) is 57.2 Å². The van der Waals surface area contributed by atoms with E-state index in [0.717, 1.165) is 18.4 Å². The van der Waals surface area contributed by atoms with Crippen LogP contribution < -0.4 is 0 Å². The van der Waals surface area contributed by atoms with Gasteiger partial charge in [-0.05, 0) is 49.4 Å². The lowest BCUT2D eigenvalue weighted by Crippen LogP contribution is -2.26. The van der Waals surface area contributed by atoms with E-state index >= 15 is 0 Å². The summed E-state index contributed by atoms with van der Waals surface area (Å²) in [5.74, 6) is 0.374. The molecule has 0 fully saturated rings. The quantitative estimate of drug-likeness (QED) is 0.816. The van der Waals surface area contributed by atoms with Crippen molar-refractivity contribution in [1.82, 2.24) is 0 Å². The zero-order valence-corrected chi connectivity index (χ0v) is 12.9. The van der Waals surface area contributed by atoms with Gasteiger partial charge in [0.1, 0.15) is 5.75 Å². The number of hydrogen-bond donors (Lipinski definition) is 1. The summed E-state index contributed by atoms with van der Waals surface area (Å²) in [5.41, 5.74) is 4.92. The SMILES string of the molecule is CCC(CC)(c1ccc(C)cc1)c1ccc(O)c(C)c1. The van der Waals surface area contributed by atoms with Crippen molar-refractivity contribution in [2.24, 2.45) is 0 Å². The summed E-state index contributed by atoms with van der Waals surface area (Å²) < 4.78 is 0. The standard InChI is InChI=1S/C19H24O/c1-5-19(6-2,16-9-7-14(3)8-10-16)17-11-12-18(20)15(4)13-17/h7-13,20H,5-6H2,1-4H3. The Kier molecular flexibility index (Phi) is 4.17. The number of benzene rings is 2. The molecule has 1 N–H and O–H groups in total. The summed E-state index contributed by atoms with van der Waals surface area (Å²) in [6.45, 7) is 8.56. The topological polar surface area (TPSA) is 20.2 Å². The molecule has 106 valence electrons. The van der Waals surface area contributed by atoms with E-state index in [1.165, 1.54) is 16.7 Å². The van der Waals surface area contributed by atoms with Gasteiger partial charge in [0.25, 0.3) is 0 Å². The maximum absolute atomic E-state index is 9.76. The number of phenols is 1. The van der Waals surface area contributed by atoms with Crippen molar-refractivity contribution >= 4 is 0 Å². The molecule has 0 amide bonds. The highest BCUT2D eigenvalue weighted by atomic mass is 16.3. The maximum Gasteiger partial charge on any atom is 0.118 e. The average Bonchev–Trinajstić information content (AvgIpc) is 2.46. The van der Waals surface area contributed by atoms with Crippen molar-refractivity contribution < 1.29 is 5.11 Å². The van der Waals surface area contributed by atoms with Crippen LogP contribution in [-0.4, -0.2) is 5.11 Å². The molecule has 2 rings (SSSR count). The van der Waals surface area contributed by atoms with Gasteiger partial charge in [-0.1, -0.05) is 55.8 Å². The molecule has 2 aromatic rings. The minimum atomic E-state index is 0.0339. The first kappa shape index (κ1) is 14.6. The molecule has 0 aliphatic heterocycles. The van der Waals surface area contributed by atoms with Crippen molar-refractivity contribution in [2.75, 3.05) is 0 Å². The van der Waals surface area contributed by atoms with Gasteiger partial charge < -0.3 is 5.11 Å². The molecule has 1 heteroatoms. The number of aromatic hydroxyl groups is 1. The predicted octanol–water partition coefficient (Wildman–Crippen LogP) is 5.12. The van der Waals surface area contributed by atoms with Gasteiger partial charge in [0.05, 0.1) is 0 Å². The predicted molar refractivity (Wildman–Crippen MR) is 85.4 cm³/mol. The van der Waals surface area contributed by atoms with Crippen LogP contribution in [0.1, 0.15) is 48.9 Å². The van der Waals surface area contributed by atoms with Gasteiger partial charge in [0.15, 0.2) is 0 Å². The highest BCUT2D eigenvalue weighted by molar-refractivity contribution is 5.45. The number of phenolic OH excluding ortho intramolecular Hbond substituents is 1. The summed E-state index contributed by atoms with van der Waals surface area (Å²) in [6, 6.07) is 14.9. The van der Waals surface area contributed by atoms with Crippen LogP contribution in [0.5, 0.6) is 5.75 Å². The zero-order valence-electron chi connectivity index (χ0n) is 12.9. The second-order valence-electron chi connectivity index (χ2n) is 5.66. The summed E-state index contributed by atoms with van der Waals surface area (Å²) in [5, 5.41) is 9.76. The van der Waals surface area contributed by atoms with Crippen LogP contribution >= 0.6 is 0 Å². The monoisotopic (exact) mass is 268 g/mol. The van der Waals surface area contributed by atoms with Crippen molar-refractivity contribution in [3.8, 4) is 5.75 Å². The van der Waals surface area contributed by atoms with Crippen LogP contribution in [0.3, 0.4) is 0 Å². The lowest BCUT2D eigenvalue weighted by Gasteiger charge is -2.33. The molecule has 0 atom stereocenters. The van der Waals surface area contributed by atoms with Gasteiger partial charge >= 0.3 is 0 Å². The van der Waals surface area contributed by atoms with Crippen LogP contribution in [0, 0.1) is 13.8 Å². The van der Waals surface area contributed by atoms with Crippen molar-refractivity contribution in [3.63, 3.8) is 0 Å². The average molecular weight is 268 g/mol. The molecule has 0 aliphatic carbocycles. The van der Waals surface area contributed by atoms with Gasteiger partial charge in [-0.3, -0.25) is 0 Å². The van der Waals surface area contributed by atoms with E-state index < -0.39 is 0 Å². The summed E-state index contributed by atoms with van der Waals surface area (Å²) >= 11 is 0. The molecule has 0 heterocycles. The lowest BCUT2D eigenvalue weighted by atomic mass is 9.70. The first-order chi connectivity index (χ1) is 9.53. The second kappa shape index (κ2) is 5.70. The molecule has 0 bridgehead atoms. The van der Waals surface area contributed by atoms with Crippen LogP contribution in [-0.2, 0) is 5.41 Å². The van der Waals surface area contributed by atoms with Crippen LogP contribution in [0.4, 0.5) is 0 Å². The maximum atomic E-state index is 9.76. The van der Waals surface area contributed by atoms with Crippen LogP contribution in [0.2, 0.25) is 0 Å².